The van der Waals surface area contributed by atoms with E-state index in [4.69, 9.17) is 4.74 Å². The molecular formula is C16H27NO2. The molecule has 1 aromatic rings. The van der Waals surface area contributed by atoms with E-state index in [1.807, 2.05) is 12.1 Å². The van der Waals surface area contributed by atoms with E-state index in [0.29, 0.717) is 11.8 Å². The van der Waals surface area contributed by atoms with Gasteiger partial charge in [0.05, 0.1) is 7.11 Å². The molecule has 0 saturated heterocycles. The van der Waals surface area contributed by atoms with Gasteiger partial charge in [-0.2, -0.15) is 0 Å². The van der Waals surface area contributed by atoms with Gasteiger partial charge in [-0.05, 0) is 43.9 Å². The van der Waals surface area contributed by atoms with Gasteiger partial charge in [-0.15, -0.1) is 0 Å². The Kier molecular flexibility index (Phi) is 6.16. The number of ether oxygens (including phenoxy) is 1. The van der Waals surface area contributed by atoms with Crippen LogP contribution < -0.4 is 10.1 Å². The maximum absolute atomic E-state index is 9.60. The number of rotatable bonds is 7. The standard InChI is InChI=1S/C16H27NO2/c1-6-11(2)9-12(3)17-13(4)14-7-8-15(18)16(10-14)19-5/h7-8,10-13,17-18H,6,9H2,1-5H3. The highest BCUT2D eigenvalue weighted by Crippen LogP contribution is 2.29. The summed E-state index contributed by atoms with van der Waals surface area (Å²) in [5, 5.41) is 13.2. The first-order chi connectivity index (χ1) is 8.97. The third-order valence-corrected chi connectivity index (χ3v) is 3.69. The fourth-order valence-electron chi connectivity index (χ4n) is 2.32. The van der Waals surface area contributed by atoms with Crippen LogP contribution in [-0.2, 0) is 0 Å². The predicted molar refractivity (Wildman–Crippen MR) is 79.7 cm³/mol. The third-order valence-electron chi connectivity index (χ3n) is 3.69. The molecule has 1 aromatic carbocycles. The van der Waals surface area contributed by atoms with Gasteiger partial charge in [0.1, 0.15) is 0 Å². The second kappa shape index (κ2) is 7.39. The summed E-state index contributed by atoms with van der Waals surface area (Å²) in [7, 11) is 1.57. The highest BCUT2D eigenvalue weighted by molar-refractivity contribution is 5.42. The minimum Gasteiger partial charge on any atom is -0.504 e. The number of hydrogen-bond acceptors (Lipinski definition) is 3. The Morgan fingerprint density at radius 3 is 2.53 bits per heavy atom. The van der Waals surface area contributed by atoms with Gasteiger partial charge in [-0.25, -0.2) is 0 Å². The molecule has 3 unspecified atom stereocenters. The number of methoxy groups -OCH3 is 1. The number of nitrogens with one attached hydrogen (secondary N) is 1. The van der Waals surface area contributed by atoms with Gasteiger partial charge in [-0.3, -0.25) is 0 Å². The van der Waals surface area contributed by atoms with Crippen molar-refractivity contribution in [1.29, 1.82) is 0 Å². The molecule has 0 aliphatic carbocycles. The summed E-state index contributed by atoms with van der Waals surface area (Å²) >= 11 is 0. The Morgan fingerprint density at radius 1 is 1.26 bits per heavy atom. The molecule has 0 aromatic heterocycles. The lowest BCUT2D eigenvalue weighted by Gasteiger charge is -2.23. The van der Waals surface area contributed by atoms with Crippen molar-refractivity contribution in [2.45, 2.75) is 52.6 Å². The minimum absolute atomic E-state index is 0.186. The zero-order valence-corrected chi connectivity index (χ0v) is 12.7. The highest BCUT2D eigenvalue weighted by Gasteiger charge is 2.13. The zero-order valence-electron chi connectivity index (χ0n) is 12.7. The van der Waals surface area contributed by atoms with Crippen LogP contribution in [0.3, 0.4) is 0 Å². The summed E-state index contributed by atoms with van der Waals surface area (Å²) in [5.41, 5.74) is 1.13. The van der Waals surface area contributed by atoms with E-state index in [-0.39, 0.29) is 11.8 Å². The molecular weight excluding hydrogens is 238 g/mol. The van der Waals surface area contributed by atoms with Crippen LogP contribution in [0.1, 0.15) is 52.1 Å². The van der Waals surface area contributed by atoms with Crippen LogP contribution in [-0.4, -0.2) is 18.3 Å². The molecule has 1 rings (SSSR count). The van der Waals surface area contributed by atoms with Crippen molar-refractivity contribution in [3.63, 3.8) is 0 Å². The molecule has 3 nitrogen and oxygen atoms in total. The van der Waals surface area contributed by atoms with Crippen molar-refractivity contribution >= 4 is 0 Å². The van der Waals surface area contributed by atoms with Crippen LogP contribution in [0.15, 0.2) is 18.2 Å². The Labute approximate surface area is 117 Å². The average Bonchev–Trinajstić information content (AvgIpc) is 2.38. The SMILES string of the molecule is CCC(C)CC(C)NC(C)c1ccc(O)c(OC)c1. The fraction of sp³-hybridized carbons (Fsp3) is 0.625. The predicted octanol–water partition coefficient (Wildman–Crippen LogP) is 3.88. The van der Waals surface area contributed by atoms with Gasteiger partial charge in [0, 0.05) is 12.1 Å². The smallest absolute Gasteiger partial charge is 0.160 e. The van der Waals surface area contributed by atoms with E-state index in [2.05, 4.69) is 33.0 Å². The minimum atomic E-state index is 0.186. The Balaban J connectivity index is 2.64. The van der Waals surface area contributed by atoms with Crippen LogP contribution in [0.25, 0.3) is 0 Å². The zero-order chi connectivity index (χ0) is 14.4. The molecule has 0 heterocycles. The van der Waals surface area contributed by atoms with Gasteiger partial charge in [-0.1, -0.05) is 26.3 Å². The van der Waals surface area contributed by atoms with Crippen LogP contribution in [0.2, 0.25) is 0 Å². The second-order valence-electron chi connectivity index (χ2n) is 5.47. The first kappa shape index (κ1) is 15.8. The normalized spacial score (nSPS) is 15.8. The number of hydrogen-bond donors (Lipinski definition) is 2. The lowest BCUT2D eigenvalue weighted by molar-refractivity contribution is 0.368. The number of phenols is 1. The third kappa shape index (κ3) is 4.75. The molecule has 0 aliphatic rings. The molecule has 19 heavy (non-hydrogen) atoms. The molecule has 3 atom stereocenters. The van der Waals surface area contributed by atoms with E-state index in [9.17, 15) is 5.11 Å². The molecule has 0 saturated carbocycles. The molecule has 0 bridgehead atoms. The van der Waals surface area contributed by atoms with Crippen molar-refractivity contribution in [2.24, 2.45) is 5.92 Å². The molecule has 0 spiro atoms. The first-order valence-electron chi connectivity index (χ1n) is 7.10. The summed E-state index contributed by atoms with van der Waals surface area (Å²) in [6.07, 6.45) is 2.39. The second-order valence-corrected chi connectivity index (χ2v) is 5.47. The summed E-state index contributed by atoms with van der Waals surface area (Å²) in [4.78, 5) is 0. The maximum Gasteiger partial charge on any atom is 0.160 e. The molecule has 108 valence electrons. The Hall–Kier alpha value is -1.22. The van der Waals surface area contributed by atoms with E-state index < -0.39 is 0 Å². The fourth-order valence-corrected chi connectivity index (χ4v) is 2.32. The topological polar surface area (TPSA) is 41.5 Å². The largest absolute Gasteiger partial charge is 0.504 e. The summed E-state index contributed by atoms with van der Waals surface area (Å²) in [5.74, 6) is 1.45. The summed E-state index contributed by atoms with van der Waals surface area (Å²) < 4.78 is 5.14. The molecule has 0 aliphatic heterocycles. The average molecular weight is 265 g/mol. The summed E-state index contributed by atoms with van der Waals surface area (Å²) in [6.45, 7) is 8.87. The quantitative estimate of drug-likeness (QED) is 0.786. The lowest BCUT2D eigenvalue weighted by Crippen LogP contribution is -2.30. The van der Waals surface area contributed by atoms with E-state index >= 15 is 0 Å². The van der Waals surface area contributed by atoms with Crippen LogP contribution >= 0.6 is 0 Å². The maximum atomic E-state index is 9.60. The number of aromatic hydroxyl groups is 1. The van der Waals surface area contributed by atoms with Gasteiger partial charge in [0.15, 0.2) is 11.5 Å². The van der Waals surface area contributed by atoms with Crippen LogP contribution in [0.5, 0.6) is 11.5 Å². The molecule has 3 heteroatoms. The molecule has 0 radical (unpaired) electrons. The molecule has 2 N–H and O–H groups in total. The van der Waals surface area contributed by atoms with Gasteiger partial charge < -0.3 is 15.2 Å². The first-order valence-corrected chi connectivity index (χ1v) is 7.10. The number of benzene rings is 1. The van der Waals surface area contributed by atoms with Crippen molar-refractivity contribution < 1.29 is 9.84 Å². The van der Waals surface area contributed by atoms with Crippen LogP contribution in [0, 0.1) is 5.92 Å². The lowest BCUT2D eigenvalue weighted by atomic mass is 9.99. The number of phenolic OH excluding ortho intramolecular Hbond substituents is 1. The van der Waals surface area contributed by atoms with Crippen molar-refractivity contribution in [2.75, 3.05) is 7.11 Å². The molecule has 0 fully saturated rings. The Morgan fingerprint density at radius 2 is 1.95 bits per heavy atom. The van der Waals surface area contributed by atoms with Crippen molar-refractivity contribution in [1.82, 2.24) is 5.32 Å². The molecule has 0 amide bonds. The van der Waals surface area contributed by atoms with Crippen molar-refractivity contribution in [3.05, 3.63) is 23.8 Å². The van der Waals surface area contributed by atoms with Gasteiger partial charge >= 0.3 is 0 Å². The summed E-state index contributed by atoms with van der Waals surface area (Å²) in [6, 6.07) is 6.23. The van der Waals surface area contributed by atoms with Gasteiger partial charge in [0.2, 0.25) is 0 Å². The Bertz CT molecular complexity index is 392. The van der Waals surface area contributed by atoms with E-state index in [1.165, 1.54) is 12.8 Å². The van der Waals surface area contributed by atoms with Gasteiger partial charge in [0.25, 0.3) is 0 Å². The highest BCUT2D eigenvalue weighted by atomic mass is 16.5. The van der Waals surface area contributed by atoms with Crippen molar-refractivity contribution in [3.8, 4) is 11.5 Å². The van der Waals surface area contributed by atoms with E-state index in [0.717, 1.165) is 11.5 Å². The van der Waals surface area contributed by atoms with Crippen LogP contribution in [0.4, 0.5) is 0 Å². The van der Waals surface area contributed by atoms with E-state index in [1.54, 1.807) is 13.2 Å². The monoisotopic (exact) mass is 265 g/mol.